The van der Waals surface area contributed by atoms with Crippen LogP contribution in [0.2, 0.25) is 10.0 Å². The number of aliphatic carboxylic acids is 1. The first-order chi connectivity index (χ1) is 19.6. The number of carboxylic acids is 1. The Morgan fingerprint density at radius 3 is 2.27 bits per heavy atom. The van der Waals surface area contributed by atoms with Crippen LogP contribution in [0, 0.1) is 5.92 Å². The maximum atomic E-state index is 12.8. The number of carbonyl (C=O) groups excluding carboxylic acids is 3. The highest BCUT2D eigenvalue weighted by atomic mass is 35.5. The average Bonchev–Trinajstić information content (AvgIpc) is 2.99. The number of benzene rings is 2. The summed E-state index contributed by atoms with van der Waals surface area (Å²) in [6, 6.07) is 6.86. The third kappa shape index (κ3) is 8.54. The van der Waals surface area contributed by atoms with Crippen LogP contribution in [0.5, 0.6) is 11.5 Å². The second-order valence-electron chi connectivity index (χ2n) is 9.13. The Labute approximate surface area is 252 Å². The number of thioether (sulfide) groups is 1. The van der Waals surface area contributed by atoms with Crippen LogP contribution >= 0.6 is 35.0 Å². The quantitative estimate of drug-likeness (QED) is 0.253. The van der Waals surface area contributed by atoms with Crippen molar-refractivity contribution >= 4 is 64.7 Å². The summed E-state index contributed by atoms with van der Waals surface area (Å²) in [7, 11) is 2.89. The Bertz CT molecular complexity index is 1310. The molecular formula is C28H31Cl2N3O7S. The number of ether oxygens (including phenoxy) is 2. The van der Waals surface area contributed by atoms with E-state index in [2.05, 4.69) is 10.6 Å². The number of rotatable bonds is 11. The van der Waals surface area contributed by atoms with Gasteiger partial charge in [0, 0.05) is 48.2 Å². The third-order valence-electron chi connectivity index (χ3n) is 6.57. The molecule has 3 N–H and O–H groups in total. The molecule has 0 spiro atoms. The predicted octanol–water partition coefficient (Wildman–Crippen LogP) is 3.98. The molecule has 0 unspecified atom stereocenters. The van der Waals surface area contributed by atoms with Crippen LogP contribution in [0.15, 0.2) is 41.3 Å². The van der Waals surface area contributed by atoms with Gasteiger partial charge in [0.2, 0.25) is 11.8 Å². The molecule has 0 aliphatic carbocycles. The fourth-order valence-electron chi connectivity index (χ4n) is 4.19. The molecule has 10 nitrogen and oxygen atoms in total. The van der Waals surface area contributed by atoms with E-state index in [4.69, 9.17) is 32.7 Å². The summed E-state index contributed by atoms with van der Waals surface area (Å²) < 4.78 is 10.3. The normalized spacial score (nSPS) is 14.4. The lowest BCUT2D eigenvalue weighted by atomic mass is 9.95. The number of carboxylic acid groups (broad SMARTS) is 1. The van der Waals surface area contributed by atoms with Crippen LogP contribution in [0.4, 0.5) is 0 Å². The Morgan fingerprint density at radius 1 is 1.07 bits per heavy atom. The van der Waals surface area contributed by atoms with Crippen molar-refractivity contribution < 1.29 is 33.8 Å². The number of methoxy groups -OCH3 is 2. The standard InChI is InChI=1S/C28H31Cl2N3O7S/c1-39-19-12-18(13-20(14-19)40-2)26(35)31-15-21(28(37)38)32-27(36)17-8-10-33(11-9-17)23(34)7-5-16-4-6-22(41-3)25(30)24(16)29/h4-7,12-14,17,21H,8-11,15H2,1-3H3,(H,31,35)(H,32,36)(H,37,38)/b7-5+/t21-/m0/s1. The second kappa shape index (κ2) is 15.0. The van der Waals surface area contributed by atoms with Gasteiger partial charge in [-0.05, 0) is 48.9 Å². The summed E-state index contributed by atoms with van der Waals surface area (Å²) in [5, 5.41) is 15.4. The van der Waals surface area contributed by atoms with Crippen LogP contribution in [-0.2, 0) is 14.4 Å². The molecule has 1 saturated heterocycles. The van der Waals surface area contributed by atoms with Crippen molar-refractivity contribution in [2.24, 2.45) is 5.92 Å². The minimum Gasteiger partial charge on any atom is -0.497 e. The molecule has 2 aromatic carbocycles. The maximum absolute atomic E-state index is 12.8. The summed E-state index contributed by atoms with van der Waals surface area (Å²) in [6.45, 7) is 0.326. The zero-order valence-electron chi connectivity index (χ0n) is 22.7. The van der Waals surface area contributed by atoms with Crippen LogP contribution in [0.25, 0.3) is 6.08 Å². The lowest BCUT2D eigenvalue weighted by Crippen LogP contribution is -2.51. The predicted molar refractivity (Wildman–Crippen MR) is 158 cm³/mol. The van der Waals surface area contributed by atoms with E-state index in [0.717, 1.165) is 4.90 Å². The van der Waals surface area contributed by atoms with Gasteiger partial charge in [0.1, 0.15) is 17.5 Å². The molecule has 1 heterocycles. The van der Waals surface area contributed by atoms with Crippen LogP contribution in [0.3, 0.4) is 0 Å². The molecule has 0 bridgehead atoms. The van der Waals surface area contributed by atoms with Crippen LogP contribution in [-0.4, -0.2) is 79.8 Å². The number of piperidine rings is 1. The summed E-state index contributed by atoms with van der Waals surface area (Å²) in [5.74, 6) is -2.20. The Kier molecular flexibility index (Phi) is 11.7. The smallest absolute Gasteiger partial charge is 0.328 e. The average molecular weight is 625 g/mol. The molecule has 2 aromatic rings. The lowest BCUT2D eigenvalue weighted by Gasteiger charge is -2.31. The highest BCUT2D eigenvalue weighted by molar-refractivity contribution is 7.98. The zero-order valence-corrected chi connectivity index (χ0v) is 25.1. The molecule has 0 radical (unpaired) electrons. The van der Waals surface area contributed by atoms with E-state index in [1.165, 1.54) is 44.2 Å². The topological polar surface area (TPSA) is 134 Å². The third-order valence-corrected chi connectivity index (χ3v) is 8.36. The summed E-state index contributed by atoms with van der Waals surface area (Å²) >= 11 is 14.1. The fraction of sp³-hybridized carbons (Fsp3) is 0.357. The molecule has 1 fully saturated rings. The molecule has 220 valence electrons. The van der Waals surface area contributed by atoms with E-state index >= 15 is 0 Å². The Hall–Kier alpha value is -3.41. The van der Waals surface area contributed by atoms with Gasteiger partial charge < -0.3 is 30.1 Å². The van der Waals surface area contributed by atoms with Crippen molar-refractivity contribution in [3.8, 4) is 11.5 Å². The van der Waals surface area contributed by atoms with Gasteiger partial charge >= 0.3 is 5.97 Å². The molecule has 1 aliphatic rings. The van der Waals surface area contributed by atoms with Crippen molar-refractivity contribution in [2.75, 3.05) is 40.1 Å². The van der Waals surface area contributed by atoms with Crippen molar-refractivity contribution in [1.82, 2.24) is 15.5 Å². The highest BCUT2D eigenvalue weighted by Crippen LogP contribution is 2.35. The van der Waals surface area contributed by atoms with E-state index in [-0.39, 0.29) is 18.0 Å². The molecule has 0 saturated carbocycles. The molecule has 1 atom stereocenters. The monoisotopic (exact) mass is 623 g/mol. The maximum Gasteiger partial charge on any atom is 0.328 e. The van der Waals surface area contributed by atoms with Crippen molar-refractivity contribution in [1.29, 1.82) is 0 Å². The molecular weight excluding hydrogens is 593 g/mol. The van der Waals surface area contributed by atoms with Crippen molar-refractivity contribution in [2.45, 2.75) is 23.8 Å². The van der Waals surface area contributed by atoms with Gasteiger partial charge in [0.25, 0.3) is 5.91 Å². The van der Waals surface area contributed by atoms with Gasteiger partial charge in [-0.15, -0.1) is 11.8 Å². The minimum atomic E-state index is -1.34. The molecule has 1 aliphatic heterocycles. The number of hydrogen-bond donors (Lipinski definition) is 3. The zero-order chi connectivity index (χ0) is 30.1. The first-order valence-corrected chi connectivity index (χ1v) is 14.6. The van der Waals surface area contributed by atoms with E-state index in [0.29, 0.717) is 53.0 Å². The van der Waals surface area contributed by atoms with Gasteiger partial charge in [0.15, 0.2) is 0 Å². The van der Waals surface area contributed by atoms with Crippen LogP contribution in [0.1, 0.15) is 28.8 Å². The van der Waals surface area contributed by atoms with Gasteiger partial charge in [-0.25, -0.2) is 4.79 Å². The summed E-state index contributed by atoms with van der Waals surface area (Å²) in [6.07, 6.45) is 5.64. The fourth-order valence-corrected chi connectivity index (χ4v) is 5.36. The number of halogens is 2. The Morgan fingerprint density at radius 2 is 1.71 bits per heavy atom. The molecule has 3 rings (SSSR count). The van der Waals surface area contributed by atoms with Gasteiger partial charge in [-0.1, -0.05) is 29.3 Å². The number of carbonyl (C=O) groups is 4. The van der Waals surface area contributed by atoms with Crippen LogP contribution < -0.4 is 20.1 Å². The van der Waals surface area contributed by atoms with E-state index < -0.39 is 29.7 Å². The van der Waals surface area contributed by atoms with E-state index in [9.17, 15) is 24.3 Å². The number of hydrogen-bond acceptors (Lipinski definition) is 7. The Balaban J connectivity index is 1.52. The van der Waals surface area contributed by atoms with Crippen molar-refractivity contribution in [3.05, 3.63) is 57.6 Å². The van der Waals surface area contributed by atoms with Gasteiger partial charge in [0.05, 0.1) is 24.3 Å². The first kappa shape index (κ1) is 32.1. The first-order valence-electron chi connectivity index (χ1n) is 12.6. The second-order valence-corrected chi connectivity index (χ2v) is 10.7. The summed E-state index contributed by atoms with van der Waals surface area (Å²) in [5.41, 5.74) is 0.833. The number of nitrogens with zero attached hydrogens (tertiary/aromatic N) is 1. The highest BCUT2D eigenvalue weighted by Gasteiger charge is 2.30. The largest absolute Gasteiger partial charge is 0.497 e. The van der Waals surface area contributed by atoms with Crippen molar-refractivity contribution in [3.63, 3.8) is 0 Å². The number of amides is 3. The number of likely N-dealkylation sites (tertiary alicyclic amines) is 1. The summed E-state index contributed by atoms with van der Waals surface area (Å²) in [4.78, 5) is 52.4. The minimum absolute atomic E-state index is 0.213. The lowest BCUT2D eigenvalue weighted by molar-refractivity contribution is -0.142. The van der Waals surface area contributed by atoms with Gasteiger partial charge in [-0.3, -0.25) is 14.4 Å². The molecule has 0 aromatic heterocycles. The van der Waals surface area contributed by atoms with Gasteiger partial charge in [-0.2, -0.15) is 0 Å². The molecule has 3 amide bonds. The van der Waals surface area contributed by atoms with E-state index in [1.807, 2.05) is 12.3 Å². The molecule has 41 heavy (non-hydrogen) atoms. The molecule has 13 heteroatoms. The van der Waals surface area contributed by atoms with E-state index in [1.54, 1.807) is 23.1 Å². The number of nitrogens with one attached hydrogen (secondary N) is 2. The SMILES string of the molecule is COc1cc(OC)cc(C(=O)NC[C@H](NC(=O)C2CCN(C(=O)/C=C/c3ccc(SC)c(Cl)c3Cl)CC2)C(=O)O)c1.